The van der Waals surface area contributed by atoms with Crippen molar-refractivity contribution in [3.8, 4) is 16.9 Å². The zero-order valence-electron chi connectivity index (χ0n) is 13.3. The standard InChI is InChI=1S/C19H14O2.C2H6/c20-14-6-5-12-9-13(10-14)16-3-1-2-4-18(16)19-11-15(21)7-8-17(12)19;1-2/h1-11,13,20-21H;1-2H3. The zero-order chi connectivity index (χ0) is 16.4. The van der Waals surface area contributed by atoms with Crippen molar-refractivity contribution in [2.45, 2.75) is 19.8 Å². The Bertz CT molecular complexity index is 825. The molecule has 0 aromatic heterocycles. The van der Waals surface area contributed by atoms with E-state index in [4.69, 9.17) is 0 Å². The first-order chi connectivity index (χ1) is 11.2. The topological polar surface area (TPSA) is 40.5 Å². The van der Waals surface area contributed by atoms with E-state index in [0.29, 0.717) is 0 Å². The number of aliphatic hydroxyl groups excluding tert-OH is 1. The molecule has 4 rings (SSSR count). The van der Waals surface area contributed by atoms with Crippen LogP contribution in [0, 0.1) is 0 Å². The number of hydrogen-bond acceptors (Lipinski definition) is 2. The predicted octanol–water partition coefficient (Wildman–Crippen LogP) is 5.58. The Labute approximate surface area is 136 Å². The number of phenolic OH excluding ortho intramolecular Hbond substituents is 1. The molecular formula is C21H20O2. The molecule has 1 atom stereocenters. The number of hydrogen-bond donors (Lipinski definition) is 2. The molecule has 1 unspecified atom stereocenters. The van der Waals surface area contributed by atoms with Crippen LogP contribution in [0.25, 0.3) is 16.7 Å². The summed E-state index contributed by atoms with van der Waals surface area (Å²) in [5, 5.41) is 19.8. The summed E-state index contributed by atoms with van der Waals surface area (Å²) in [5.74, 6) is 0.574. The predicted molar refractivity (Wildman–Crippen MR) is 95.5 cm³/mol. The van der Waals surface area contributed by atoms with E-state index in [1.165, 1.54) is 0 Å². The molecule has 2 aliphatic carbocycles. The van der Waals surface area contributed by atoms with Gasteiger partial charge in [0.25, 0.3) is 0 Å². The lowest BCUT2D eigenvalue weighted by molar-refractivity contribution is 0.429. The summed E-state index contributed by atoms with van der Waals surface area (Å²) < 4.78 is 0. The molecule has 0 aliphatic heterocycles. The Hall–Kier alpha value is -2.74. The van der Waals surface area contributed by atoms with Crippen LogP contribution in [0.4, 0.5) is 0 Å². The van der Waals surface area contributed by atoms with Gasteiger partial charge in [0.15, 0.2) is 0 Å². The van der Waals surface area contributed by atoms with E-state index in [1.807, 2.05) is 50.3 Å². The third-order valence-corrected chi connectivity index (χ3v) is 4.07. The quantitative estimate of drug-likeness (QED) is 0.667. The van der Waals surface area contributed by atoms with E-state index >= 15 is 0 Å². The SMILES string of the molecule is CC.OC1=CC2C=C(C=C1)c1ccc(O)cc1-c1ccccc12. The van der Waals surface area contributed by atoms with Crippen molar-refractivity contribution >= 4 is 5.57 Å². The number of rotatable bonds is 0. The number of aromatic hydroxyl groups is 1. The van der Waals surface area contributed by atoms with Crippen LogP contribution >= 0.6 is 0 Å². The first kappa shape index (κ1) is 15.2. The van der Waals surface area contributed by atoms with Crippen LogP contribution in [0.15, 0.2) is 72.5 Å². The van der Waals surface area contributed by atoms with Crippen LogP contribution in [0.5, 0.6) is 5.75 Å². The molecule has 116 valence electrons. The largest absolute Gasteiger partial charge is 0.508 e. The third-order valence-electron chi connectivity index (χ3n) is 4.07. The minimum absolute atomic E-state index is 0.0285. The lowest BCUT2D eigenvalue weighted by atomic mass is 9.90. The van der Waals surface area contributed by atoms with Gasteiger partial charge in [0.2, 0.25) is 0 Å². The van der Waals surface area contributed by atoms with E-state index < -0.39 is 0 Å². The second-order valence-corrected chi connectivity index (χ2v) is 5.39. The second kappa shape index (κ2) is 6.17. The summed E-state index contributed by atoms with van der Waals surface area (Å²) in [5.41, 5.74) is 5.39. The minimum atomic E-state index is 0.0285. The summed E-state index contributed by atoms with van der Waals surface area (Å²) in [4.78, 5) is 0. The molecule has 2 aromatic rings. The van der Waals surface area contributed by atoms with Gasteiger partial charge < -0.3 is 10.2 Å². The Balaban J connectivity index is 0.000000753. The van der Waals surface area contributed by atoms with Gasteiger partial charge >= 0.3 is 0 Å². The molecule has 0 radical (unpaired) electrons. The molecule has 0 saturated heterocycles. The highest BCUT2D eigenvalue weighted by atomic mass is 16.3. The molecule has 2 aromatic carbocycles. The van der Waals surface area contributed by atoms with Crippen molar-refractivity contribution in [2.75, 3.05) is 0 Å². The maximum absolute atomic E-state index is 9.95. The third kappa shape index (κ3) is 2.68. The summed E-state index contributed by atoms with van der Waals surface area (Å²) in [6.45, 7) is 4.00. The van der Waals surface area contributed by atoms with Gasteiger partial charge in [-0.25, -0.2) is 0 Å². The van der Waals surface area contributed by atoms with Crippen molar-refractivity contribution in [3.05, 3.63) is 83.7 Å². The van der Waals surface area contributed by atoms with E-state index in [0.717, 1.165) is 27.8 Å². The van der Waals surface area contributed by atoms with Crippen molar-refractivity contribution in [1.29, 1.82) is 0 Å². The molecule has 2 aliphatic rings. The summed E-state index contributed by atoms with van der Waals surface area (Å²) >= 11 is 0. The molecule has 2 nitrogen and oxygen atoms in total. The minimum Gasteiger partial charge on any atom is -0.508 e. The number of aliphatic hydroxyl groups is 1. The van der Waals surface area contributed by atoms with Gasteiger partial charge in [0.05, 0.1) is 0 Å². The Morgan fingerprint density at radius 2 is 1.57 bits per heavy atom. The molecule has 2 bridgehead atoms. The smallest absolute Gasteiger partial charge is 0.116 e. The van der Waals surface area contributed by atoms with Crippen LogP contribution in [0.1, 0.15) is 30.9 Å². The van der Waals surface area contributed by atoms with Gasteiger partial charge in [-0.05, 0) is 52.1 Å². The van der Waals surface area contributed by atoms with E-state index in [9.17, 15) is 10.2 Å². The van der Waals surface area contributed by atoms with E-state index in [2.05, 4.69) is 18.2 Å². The van der Waals surface area contributed by atoms with Crippen molar-refractivity contribution in [3.63, 3.8) is 0 Å². The van der Waals surface area contributed by atoms with E-state index in [1.54, 1.807) is 12.1 Å². The van der Waals surface area contributed by atoms with Gasteiger partial charge in [0, 0.05) is 5.92 Å². The fraction of sp³-hybridized carbons (Fsp3) is 0.143. The zero-order valence-corrected chi connectivity index (χ0v) is 13.3. The normalized spacial score (nSPS) is 17.4. The lowest BCUT2D eigenvalue weighted by Crippen LogP contribution is -1.95. The maximum atomic E-state index is 9.95. The van der Waals surface area contributed by atoms with Crippen molar-refractivity contribution in [2.24, 2.45) is 0 Å². The molecule has 0 heterocycles. The second-order valence-electron chi connectivity index (χ2n) is 5.39. The van der Waals surface area contributed by atoms with Gasteiger partial charge in [-0.2, -0.15) is 0 Å². The van der Waals surface area contributed by atoms with Crippen molar-refractivity contribution < 1.29 is 10.2 Å². The van der Waals surface area contributed by atoms with Crippen LogP contribution < -0.4 is 0 Å². The van der Waals surface area contributed by atoms with Crippen LogP contribution in [-0.2, 0) is 0 Å². The molecule has 2 heteroatoms. The lowest BCUT2D eigenvalue weighted by Gasteiger charge is -2.14. The summed E-state index contributed by atoms with van der Waals surface area (Å²) in [6, 6.07) is 13.6. The van der Waals surface area contributed by atoms with Gasteiger partial charge in [0.1, 0.15) is 11.5 Å². The number of allylic oxidation sites excluding steroid dienone is 5. The molecular weight excluding hydrogens is 284 g/mol. The Kier molecular flexibility index (Phi) is 4.07. The Morgan fingerprint density at radius 3 is 2.39 bits per heavy atom. The highest BCUT2D eigenvalue weighted by Gasteiger charge is 2.22. The molecule has 0 saturated carbocycles. The first-order valence-corrected chi connectivity index (χ1v) is 7.96. The highest BCUT2D eigenvalue weighted by molar-refractivity contribution is 5.90. The van der Waals surface area contributed by atoms with Gasteiger partial charge in [-0.15, -0.1) is 0 Å². The summed E-state index contributed by atoms with van der Waals surface area (Å²) in [7, 11) is 0. The number of fused-ring (bicyclic) bond motifs is 6. The van der Waals surface area contributed by atoms with E-state index in [-0.39, 0.29) is 17.4 Å². The fourth-order valence-electron chi connectivity index (χ4n) is 3.11. The molecule has 0 spiro atoms. The molecule has 2 N–H and O–H groups in total. The van der Waals surface area contributed by atoms with Crippen LogP contribution in [-0.4, -0.2) is 10.2 Å². The average Bonchev–Trinajstić information content (AvgIpc) is 2.85. The van der Waals surface area contributed by atoms with Gasteiger partial charge in [-0.1, -0.05) is 56.3 Å². The van der Waals surface area contributed by atoms with Crippen LogP contribution in [0.3, 0.4) is 0 Å². The molecule has 0 fully saturated rings. The van der Waals surface area contributed by atoms with Crippen molar-refractivity contribution in [1.82, 2.24) is 0 Å². The molecule has 23 heavy (non-hydrogen) atoms. The summed E-state index contributed by atoms with van der Waals surface area (Å²) in [6.07, 6.45) is 7.65. The van der Waals surface area contributed by atoms with Gasteiger partial charge in [-0.3, -0.25) is 0 Å². The maximum Gasteiger partial charge on any atom is 0.116 e. The first-order valence-electron chi connectivity index (χ1n) is 7.96. The molecule has 0 amide bonds. The number of benzene rings is 2. The highest BCUT2D eigenvalue weighted by Crippen LogP contribution is 2.43. The Morgan fingerprint density at radius 1 is 0.783 bits per heavy atom. The number of phenols is 1. The average molecular weight is 304 g/mol. The monoisotopic (exact) mass is 304 g/mol. The fourth-order valence-corrected chi connectivity index (χ4v) is 3.11. The van der Waals surface area contributed by atoms with Crippen LogP contribution in [0.2, 0.25) is 0 Å².